The summed E-state index contributed by atoms with van der Waals surface area (Å²) in [5.41, 5.74) is 0.550. The molecule has 98 valence electrons. The summed E-state index contributed by atoms with van der Waals surface area (Å²) in [7, 11) is 0. The SMILES string of the molecule is Cc1cc(C(=O)N2C[C@H](O)C[C@H]2CO)cc(=O)[nH]1. The number of pyridine rings is 1. The predicted octanol–water partition coefficient (Wildman–Crippen LogP) is -0.749. The van der Waals surface area contributed by atoms with E-state index in [1.165, 1.54) is 11.0 Å². The first kappa shape index (κ1) is 12.8. The molecule has 1 fully saturated rings. The van der Waals surface area contributed by atoms with Crippen LogP contribution in [0.3, 0.4) is 0 Å². The first-order valence-electron chi connectivity index (χ1n) is 5.82. The number of carbonyl (C=O) groups excluding carboxylic acids is 1. The van der Waals surface area contributed by atoms with Crippen molar-refractivity contribution in [2.75, 3.05) is 13.2 Å². The summed E-state index contributed by atoms with van der Waals surface area (Å²) in [4.78, 5) is 27.5. The van der Waals surface area contributed by atoms with Crippen molar-refractivity contribution < 1.29 is 15.0 Å². The maximum absolute atomic E-state index is 12.2. The maximum Gasteiger partial charge on any atom is 0.254 e. The number of hydrogen-bond acceptors (Lipinski definition) is 4. The van der Waals surface area contributed by atoms with Crippen molar-refractivity contribution in [3.05, 3.63) is 33.7 Å². The first-order chi connectivity index (χ1) is 8.51. The van der Waals surface area contributed by atoms with Crippen molar-refractivity contribution in [2.24, 2.45) is 0 Å². The van der Waals surface area contributed by atoms with Crippen LogP contribution in [0.25, 0.3) is 0 Å². The molecule has 6 nitrogen and oxygen atoms in total. The summed E-state index contributed by atoms with van der Waals surface area (Å²) in [5.74, 6) is -0.334. The van der Waals surface area contributed by atoms with Gasteiger partial charge in [0.25, 0.3) is 5.91 Å². The average Bonchev–Trinajstić information content (AvgIpc) is 2.68. The van der Waals surface area contributed by atoms with Crippen LogP contribution in [0.5, 0.6) is 0 Å². The minimum absolute atomic E-state index is 0.190. The average molecular weight is 252 g/mol. The van der Waals surface area contributed by atoms with Crippen LogP contribution < -0.4 is 5.56 Å². The smallest absolute Gasteiger partial charge is 0.254 e. The fourth-order valence-electron chi connectivity index (χ4n) is 2.29. The molecule has 3 N–H and O–H groups in total. The number of carbonyl (C=O) groups is 1. The highest BCUT2D eigenvalue weighted by molar-refractivity contribution is 5.94. The predicted molar refractivity (Wildman–Crippen MR) is 64.3 cm³/mol. The van der Waals surface area contributed by atoms with Gasteiger partial charge in [-0.2, -0.15) is 0 Å². The van der Waals surface area contributed by atoms with E-state index in [2.05, 4.69) is 4.98 Å². The third-order valence-corrected chi connectivity index (χ3v) is 3.09. The zero-order chi connectivity index (χ0) is 13.3. The third-order valence-electron chi connectivity index (χ3n) is 3.09. The van der Waals surface area contributed by atoms with E-state index >= 15 is 0 Å². The van der Waals surface area contributed by atoms with Crippen molar-refractivity contribution in [1.29, 1.82) is 0 Å². The number of nitrogens with one attached hydrogen (secondary N) is 1. The van der Waals surface area contributed by atoms with Crippen molar-refractivity contribution in [2.45, 2.75) is 25.5 Å². The van der Waals surface area contributed by atoms with Crippen LogP contribution >= 0.6 is 0 Å². The van der Waals surface area contributed by atoms with Gasteiger partial charge in [0, 0.05) is 23.9 Å². The number of aliphatic hydroxyl groups excluding tert-OH is 2. The molecule has 1 aromatic rings. The number of hydrogen-bond donors (Lipinski definition) is 3. The number of rotatable bonds is 2. The summed E-state index contributed by atoms with van der Waals surface area (Å²) in [6, 6.07) is 2.43. The Morgan fingerprint density at radius 1 is 1.56 bits per heavy atom. The van der Waals surface area contributed by atoms with Crippen LogP contribution in [0.1, 0.15) is 22.5 Å². The van der Waals surface area contributed by atoms with E-state index in [1.807, 2.05) is 0 Å². The highest BCUT2D eigenvalue weighted by atomic mass is 16.3. The lowest BCUT2D eigenvalue weighted by molar-refractivity contribution is 0.0664. The molecule has 0 radical (unpaired) electrons. The molecule has 1 amide bonds. The zero-order valence-corrected chi connectivity index (χ0v) is 10.1. The Morgan fingerprint density at radius 3 is 2.89 bits per heavy atom. The topological polar surface area (TPSA) is 93.6 Å². The Hall–Kier alpha value is -1.66. The van der Waals surface area contributed by atoms with Crippen LogP contribution in [0.15, 0.2) is 16.9 Å². The molecule has 2 heterocycles. The van der Waals surface area contributed by atoms with Gasteiger partial charge in [-0.15, -0.1) is 0 Å². The number of amides is 1. The molecule has 1 saturated heterocycles. The summed E-state index contributed by atoms with van der Waals surface area (Å²) in [5, 5.41) is 18.7. The number of aryl methyl sites for hydroxylation is 1. The van der Waals surface area contributed by atoms with Gasteiger partial charge in [0.2, 0.25) is 5.56 Å². The second-order valence-electron chi connectivity index (χ2n) is 4.60. The van der Waals surface area contributed by atoms with Crippen molar-refractivity contribution in [1.82, 2.24) is 9.88 Å². The highest BCUT2D eigenvalue weighted by Crippen LogP contribution is 2.20. The molecule has 0 aliphatic carbocycles. The number of aromatic nitrogens is 1. The molecule has 0 saturated carbocycles. The Kier molecular flexibility index (Phi) is 3.49. The fraction of sp³-hybridized carbons (Fsp3) is 0.500. The number of H-pyrrole nitrogens is 1. The van der Waals surface area contributed by atoms with Gasteiger partial charge < -0.3 is 20.1 Å². The molecule has 2 rings (SSSR count). The minimum atomic E-state index is -0.616. The molecule has 18 heavy (non-hydrogen) atoms. The summed E-state index contributed by atoms with van der Waals surface area (Å²) >= 11 is 0. The minimum Gasteiger partial charge on any atom is -0.394 e. The first-order valence-corrected chi connectivity index (χ1v) is 5.82. The molecule has 1 aromatic heterocycles. The quantitative estimate of drug-likeness (QED) is 0.645. The highest BCUT2D eigenvalue weighted by Gasteiger charge is 2.34. The molecule has 1 aliphatic heterocycles. The third kappa shape index (κ3) is 2.44. The van der Waals surface area contributed by atoms with E-state index in [4.69, 9.17) is 0 Å². The Balaban J connectivity index is 2.28. The standard InChI is InChI=1S/C12H16N2O4/c1-7-2-8(3-11(17)13-7)12(18)14-5-10(16)4-9(14)6-15/h2-3,9-10,15-16H,4-6H2,1H3,(H,13,17)/t9-,10+/m0/s1. The summed E-state index contributed by atoms with van der Waals surface area (Å²) in [6.07, 6.45) is -0.251. The van der Waals surface area contributed by atoms with Gasteiger partial charge in [0.15, 0.2) is 0 Å². The van der Waals surface area contributed by atoms with Gasteiger partial charge in [-0.3, -0.25) is 9.59 Å². The van der Waals surface area contributed by atoms with E-state index in [0.717, 1.165) is 0 Å². The molecule has 6 heteroatoms. The number of nitrogens with zero attached hydrogens (tertiary/aromatic N) is 1. The van der Waals surface area contributed by atoms with E-state index in [-0.39, 0.29) is 36.2 Å². The Labute approximate surface area is 104 Å². The number of likely N-dealkylation sites (tertiary alicyclic amines) is 1. The number of aromatic amines is 1. The molecular formula is C12H16N2O4. The number of aliphatic hydroxyl groups is 2. The lowest BCUT2D eigenvalue weighted by atomic mass is 10.2. The molecule has 0 unspecified atom stereocenters. The van der Waals surface area contributed by atoms with Crippen LogP contribution in [0.4, 0.5) is 0 Å². The van der Waals surface area contributed by atoms with E-state index in [9.17, 15) is 19.8 Å². The van der Waals surface area contributed by atoms with Crippen molar-refractivity contribution in [3.63, 3.8) is 0 Å². The maximum atomic E-state index is 12.2. The Morgan fingerprint density at radius 2 is 2.28 bits per heavy atom. The second kappa shape index (κ2) is 4.91. The molecular weight excluding hydrogens is 236 g/mol. The van der Waals surface area contributed by atoms with E-state index in [0.29, 0.717) is 12.1 Å². The molecule has 0 aromatic carbocycles. The summed E-state index contributed by atoms with van der Waals surface area (Å²) in [6.45, 7) is 1.70. The molecule has 0 bridgehead atoms. The fourth-order valence-corrected chi connectivity index (χ4v) is 2.29. The van der Waals surface area contributed by atoms with Gasteiger partial charge in [-0.05, 0) is 19.4 Å². The van der Waals surface area contributed by atoms with Gasteiger partial charge in [-0.1, -0.05) is 0 Å². The van der Waals surface area contributed by atoms with Gasteiger partial charge >= 0.3 is 0 Å². The lowest BCUT2D eigenvalue weighted by Crippen LogP contribution is -2.38. The van der Waals surface area contributed by atoms with Crippen LogP contribution in [-0.4, -0.2) is 51.3 Å². The monoisotopic (exact) mass is 252 g/mol. The molecule has 2 atom stereocenters. The molecule has 1 aliphatic rings. The summed E-state index contributed by atoms with van der Waals surface area (Å²) < 4.78 is 0. The van der Waals surface area contributed by atoms with Crippen molar-refractivity contribution in [3.8, 4) is 0 Å². The zero-order valence-electron chi connectivity index (χ0n) is 10.1. The van der Waals surface area contributed by atoms with Crippen LogP contribution in [0, 0.1) is 6.92 Å². The van der Waals surface area contributed by atoms with Crippen molar-refractivity contribution >= 4 is 5.91 Å². The lowest BCUT2D eigenvalue weighted by Gasteiger charge is -2.22. The van der Waals surface area contributed by atoms with E-state index in [1.54, 1.807) is 13.0 Å². The van der Waals surface area contributed by atoms with Crippen LogP contribution in [0.2, 0.25) is 0 Å². The normalized spacial score (nSPS) is 23.4. The van der Waals surface area contributed by atoms with E-state index < -0.39 is 6.10 Å². The van der Waals surface area contributed by atoms with Crippen LogP contribution in [-0.2, 0) is 0 Å². The number of β-amino-alcohol motifs (C(OH)–C–C–N with tert-alkyl or cyclic N) is 1. The largest absolute Gasteiger partial charge is 0.394 e. The Bertz CT molecular complexity index is 511. The van der Waals surface area contributed by atoms with Gasteiger partial charge in [-0.25, -0.2) is 0 Å². The van der Waals surface area contributed by atoms with Gasteiger partial charge in [0.1, 0.15) is 0 Å². The molecule has 0 spiro atoms. The van der Waals surface area contributed by atoms with Gasteiger partial charge in [0.05, 0.1) is 18.8 Å². The second-order valence-corrected chi connectivity index (χ2v) is 4.60.